The number of amides is 2. The Morgan fingerprint density at radius 2 is 1.90 bits per heavy atom. The Labute approximate surface area is 245 Å². The average molecular weight is 585 g/mol. The quantitative estimate of drug-likeness (QED) is 0.388. The number of esters is 1. The van der Waals surface area contributed by atoms with Crippen molar-refractivity contribution in [2.24, 2.45) is 10.7 Å². The number of aliphatic imine (C=N–C) groups is 1. The Hall–Kier alpha value is -3.47. The summed E-state index contributed by atoms with van der Waals surface area (Å²) in [4.78, 5) is 45.9. The second-order valence-corrected chi connectivity index (χ2v) is 11.0. The number of nitrogens with one attached hydrogen (secondary N) is 1. The Balaban J connectivity index is 1.56. The number of nitrogens with zero attached hydrogens (tertiary/aromatic N) is 2. The minimum atomic E-state index is -1.30. The lowest BCUT2D eigenvalue weighted by Gasteiger charge is -2.32. The van der Waals surface area contributed by atoms with Gasteiger partial charge in [-0.2, -0.15) is 0 Å². The van der Waals surface area contributed by atoms with Crippen LogP contribution in [0.4, 0.5) is 0 Å². The third kappa shape index (κ3) is 7.25. The minimum absolute atomic E-state index is 0.0263. The largest absolute Gasteiger partial charge is 0.476 e. The number of methoxy groups -OCH3 is 1. The molecule has 0 spiro atoms. The molecular formula is C30H37ClN4O6. The van der Waals surface area contributed by atoms with Crippen LogP contribution in [0, 0.1) is 0 Å². The predicted octanol–water partition coefficient (Wildman–Crippen LogP) is 2.65. The SMILES string of the molecule is COC(=O)[C@@]1(Cc2cccc(Cl)c2)COC([C@@H]2CCCN2C(=O)[C@@H](NC(=O)[C@H](C)N)C(C)OCc2ccccc2)=N1. The molecule has 2 aliphatic heterocycles. The van der Waals surface area contributed by atoms with Gasteiger partial charge in [0, 0.05) is 18.0 Å². The monoisotopic (exact) mass is 584 g/mol. The molecule has 1 fully saturated rings. The van der Waals surface area contributed by atoms with Gasteiger partial charge in [0.15, 0.2) is 5.54 Å². The number of benzene rings is 2. The molecule has 2 aliphatic rings. The lowest BCUT2D eigenvalue weighted by Crippen LogP contribution is -2.58. The molecular weight excluding hydrogens is 548 g/mol. The summed E-state index contributed by atoms with van der Waals surface area (Å²) in [5.74, 6) is -1.04. The molecule has 41 heavy (non-hydrogen) atoms. The van der Waals surface area contributed by atoms with Gasteiger partial charge in [0.1, 0.15) is 18.7 Å². The molecule has 11 heteroatoms. The van der Waals surface area contributed by atoms with Gasteiger partial charge in [-0.05, 0) is 49.9 Å². The lowest BCUT2D eigenvalue weighted by molar-refractivity contribution is -0.147. The maximum atomic E-state index is 14.0. The molecule has 5 atom stereocenters. The fraction of sp³-hybridized carbons (Fsp3) is 0.467. The van der Waals surface area contributed by atoms with Gasteiger partial charge in [-0.15, -0.1) is 0 Å². The highest BCUT2D eigenvalue weighted by atomic mass is 35.5. The number of ether oxygens (including phenoxy) is 3. The van der Waals surface area contributed by atoms with Crippen LogP contribution in [0.5, 0.6) is 0 Å². The van der Waals surface area contributed by atoms with Gasteiger partial charge in [0.05, 0.1) is 25.9 Å². The molecule has 2 heterocycles. The van der Waals surface area contributed by atoms with Crippen LogP contribution in [-0.4, -0.2) is 78.6 Å². The molecule has 4 rings (SSSR count). The van der Waals surface area contributed by atoms with Gasteiger partial charge in [-0.25, -0.2) is 9.79 Å². The topological polar surface area (TPSA) is 133 Å². The highest BCUT2D eigenvalue weighted by Gasteiger charge is 2.49. The molecule has 0 aliphatic carbocycles. The average Bonchev–Trinajstić information content (AvgIpc) is 3.62. The summed E-state index contributed by atoms with van der Waals surface area (Å²) in [6, 6.07) is 14.4. The summed E-state index contributed by atoms with van der Waals surface area (Å²) in [5.41, 5.74) is 6.25. The van der Waals surface area contributed by atoms with Crippen molar-refractivity contribution in [2.75, 3.05) is 20.3 Å². The molecule has 10 nitrogen and oxygen atoms in total. The van der Waals surface area contributed by atoms with E-state index in [1.165, 1.54) is 7.11 Å². The van der Waals surface area contributed by atoms with Crippen LogP contribution >= 0.6 is 11.6 Å². The van der Waals surface area contributed by atoms with E-state index >= 15 is 0 Å². The number of nitrogens with two attached hydrogens (primary N) is 1. The Morgan fingerprint density at radius 3 is 2.59 bits per heavy atom. The van der Waals surface area contributed by atoms with Gasteiger partial charge in [-0.3, -0.25) is 9.59 Å². The summed E-state index contributed by atoms with van der Waals surface area (Å²) in [6.07, 6.45) is 0.856. The number of likely N-dealkylation sites (tertiary alicyclic amines) is 1. The second-order valence-electron chi connectivity index (χ2n) is 10.5. The van der Waals surface area contributed by atoms with Crippen molar-refractivity contribution >= 4 is 35.3 Å². The van der Waals surface area contributed by atoms with Crippen molar-refractivity contribution in [3.8, 4) is 0 Å². The highest BCUT2D eigenvalue weighted by Crippen LogP contribution is 2.31. The number of hydrogen-bond donors (Lipinski definition) is 2. The van der Waals surface area contributed by atoms with Crippen LogP contribution in [0.25, 0.3) is 0 Å². The number of carbonyl (C=O) groups is 3. The molecule has 0 radical (unpaired) electrons. The summed E-state index contributed by atoms with van der Waals surface area (Å²) in [5, 5.41) is 3.32. The summed E-state index contributed by atoms with van der Waals surface area (Å²) >= 11 is 6.17. The predicted molar refractivity (Wildman–Crippen MR) is 154 cm³/mol. The maximum absolute atomic E-state index is 14.0. The van der Waals surface area contributed by atoms with E-state index < -0.39 is 41.6 Å². The Bertz CT molecular complexity index is 1270. The van der Waals surface area contributed by atoms with E-state index in [-0.39, 0.29) is 25.5 Å². The van der Waals surface area contributed by atoms with Gasteiger partial charge in [-0.1, -0.05) is 54.1 Å². The first-order valence-electron chi connectivity index (χ1n) is 13.7. The van der Waals surface area contributed by atoms with Gasteiger partial charge in [0.2, 0.25) is 17.7 Å². The zero-order valence-electron chi connectivity index (χ0n) is 23.5. The number of carbonyl (C=O) groups excluding carboxylic acids is 3. The van der Waals surface area contributed by atoms with Crippen molar-refractivity contribution in [2.45, 2.75) is 69.5 Å². The third-order valence-corrected chi connectivity index (χ3v) is 7.59. The van der Waals surface area contributed by atoms with Crippen LogP contribution in [0.1, 0.15) is 37.8 Å². The fourth-order valence-corrected chi connectivity index (χ4v) is 5.32. The van der Waals surface area contributed by atoms with Gasteiger partial charge >= 0.3 is 5.97 Å². The van der Waals surface area contributed by atoms with Gasteiger partial charge < -0.3 is 30.2 Å². The van der Waals surface area contributed by atoms with Crippen molar-refractivity contribution in [3.63, 3.8) is 0 Å². The second kappa shape index (κ2) is 13.5. The molecule has 2 aromatic carbocycles. The van der Waals surface area contributed by atoms with E-state index in [9.17, 15) is 14.4 Å². The summed E-state index contributed by atoms with van der Waals surface area (Å²) < 4.78 is 17.1. The first kappa shape index (κ1) is 30.5. The van der Waals surface area contributed by atoms with Crippen molar-refractivity contribution in [3.05, 3.63) is 70.7 Å². The van der Waals surface area contributed by atoms with Crippen LogP contribution in [0.15, 0.2) is 59.6 Å². The van der Waals surface area contributed by atoms with Crippen LogP contribution < -0.4 is 11.1 Å². The van der Waals surface area contributed by atoms with E-state index in [1.54, 1.807) is 36.9 Å². The van der Waals surface area contributed by atoms with Crippen LogP contribution in [0.3, 0.4) is 0 Å². The molecule has 2 amide bonds. The van der Waals surface area contributed by atoms with E-state index in [4.69, 9.17) is 36.5 Å². The van der Waals surface area contributed by atoms with E-state index in [0.29, 0.717) is 30.3 Å². The minimum Gasteiger partial charge on any atom is -0.476 e. The van der Waals surface area contributed by atoms with Crippen molar-refractivity contribution in [1.29, 1.82) is 0 Å². The summed E-state index contributed by atoms with van der Waals surface area (Å²) in [6.45, 7) is 3.97. The maximum Gasteiger partial charge on any atom is 0.337 e. The van der Waals surface area contributed by atoms with E-state index in [1.807, 2.05) is 36.4 Å². The fourth-order valence-electron chi connectivity index (χ4n) is 5.11. The zero-order valence-corrected chi connectivity index (χ0v) is 24.3. The standard InChI is InChI=1S/C30H37ClN4O6/c1-19(32)26(36)33-25(20(2)40-17-21-9-5-4-6-10-21)28(37)35-14-8-13-24(35)27-34-30(18-41-27,29(38)39-3)16-22-11-7-12-23(31)15-22/h4-7,9-12,15,19-20,24-25H,8,13-14,16-18,32H2,1-3H3,(H,33,36)/t19-,20?,24-,25-,30+/m0/s1. The zero-order chi connectivity index (χ0) is 29.6. The number of hydrogen-bond acceptors (Lipinski definition) is 8. The first-order valence-corrected chi connectivity index (χ1v) is 14.1. The Morgan fingerprint density at radius 1 is 1.17 bits per heavy atom. The van der Waals surface area contributed by atoms with E-state index in [2.05, 4.69) is 5.32 Å². The molecule has 0 saturated carbocycles. The first-order chi connectivity index (χ1) is 19.6. The molecule has 0 bridgehead atoms. The molecule has 3 N–H and O–H groups in total. The molecule has 1 saturated heterocycles. The smallest absolute Gasteiger partial charge is 0.337 e. The number of rotatable bonds is 11. The van der Waals surface area contributed by atoms with Crippen LogP contribution in [0.2, 0.25) is 5.02 Å². The Kier molecular flexibility index (Phi) is 10.0. The normalized spacial score (nSPS) is 22.3. The van der Waals surface area contributed by atoms with Crippen LogP contribution in [-0.2, 0) is 41.6 Å². The molecule has 0 aromatic heterocycles. The lowest BCUT2D eigenvalue weighted by atomic mass is 9.92. The third-order valence-electron chi connectivity index (χ3n) is 7.36. The van der Waals surface area contributed by atoms with E-state index in [0.717, 1.165) is 11.1 Å². The molecule has 220 valence electrons. The van der Waals surface area contributed by atoms with Crippen molar-refractivity contribution < 1.29 is 28.6 Å². The highest BCUT2D eigenvalue weighted by molar-refractivity contribution is 6.30. The molecule has 2 aromatic rings. The van der Waals surface area contributed by atoms with Gasteiger partial charge in [0.25, 0.3) is 0 Å². The van der Waals surface area contributed by atoms with Crippen molar-refractivity contribution in [1.82, 2.24) is 10.2 Å². The molecule has 1 unspecified atom stereocenters. The number of halogens is 1. The summed E-state index contributed by atoms with van der Waals surface area (Å²) in [7, 11) is 1.31.